The van der Waals surface area contributed by atoms with Crippen LogP contribution in [-0.4, -0.2) is 63.2 Å². The monoisotopic (exact) mass is 590 g/mol. The summed E-state index contributed by atoms with van der Waals surface area (Å²) in [6.07, 6.45) is 1.42. The maximum Gasteiger partial charge on any atom is 0.259 e. The first kappa shape index (κ1) is 26.2. The second-order valence-electron chi connectivity index (χ2n) is 7.91. The molecule has 0 unspecified atom stereocenters. The van der Waals surface area contributed by atoms with Gasteiger partial charge >= 0.3 is 0 Å². The molecule has 1 atom stereocenters. The molecule has 0 aliphatic carbocycles. The van der Waals surface area contributed by atoms with E-state index in [4.69, 9.17) is 0 Å². The Balaban J connectivity index is 1.63. The van der Waals surface area contributed by atoms with Crippen molar-refractivity contribution < 1.29 is 21.6 Å². The predicted octanol–water partition coefficient (Wildman–Crippen LogP) is 2.66. The standard InChI is InChI=1S/C24H23BrN4O5S2/c25-20-9-7-8-19(16-20)17-26-27-24(30)23-18-28(35(31,32)21-10-3-1-4-11-21)14-15-29(23)36(33,34)22-12-5-2-6-13-22/h1-13,16-17,23H,14-15,18H2,(H,27,30)/b26-17-/t23-/m1/s1. The first-order chi connectivity index (χ1) is 17.2. The van der Waals surface area contributed by atoms with Gasteiger partial charge in [0.25, 0.3) is 5.91 Å². The maximum absolute atomic E-state index is 13.4. The molecule has 0 saturated carbocycles. The van der Waals surface area contributed by atoms with Crippen molar-refractivity contribution in [2.75, 3.05) is 19.6 Å². The number of rotatable bonds is 7. The summed E-state index contributed by atoms with van der Waals surface area (Å²) in [5, 5.41) is 3.96. The summed E-state index contributed by atoms with van der Waals surface area (Å²) in [4.78, 5) is 13.3. The van der Waals surface area contributed by atoms with Crippen molar-refractivity contribution in [2.45, 2.75) is 15.8 Å². The number of carbonyl (C=O) groups excluding carboxylic acids is 1. The molecule has 1 amide bonds. The number of amides is 1. The third kappa shape index (κ3) is 5.73. The number of sulfonamides is 2. The predicted molar refractivity (Wildman–Crippen MR) is 139 cm³/mol. The summed E-state index contributed by atoms with van der Waals surface area (Å²) < 4.78 is 56.2. The Bertz CT molecular complexity index is 1470. The highest BCUT2D eigenvalue weighted by Gasteiger charge is 2.43. The molecule has 1 fully saturated rings. The average molecular weight is 592 g/mol. The minimum atomic E-state index is -4.08. The first-order valence-electron chi connectivity index (χ1n) is 10.9. The maximum atomic E-state index is 13.4. The third-order valence-corrected chi connectivity index (χ3v) is 9.86. The highest BCUT2D eigenvalue weighted by atomic mass is 79.9. The minimum Gasteiger partial charge on any atom is -0.271 e. The number of hydrazone groups is 1. The van der Waals surface area contributed by atoms with E-state index in [0.717, 1.165) is 13.1 Å². The Morgan fingerprint density at radius 3 is 2.08 bits per heavy atom. The van der Waals surface area contributed by atoms with Gasteiger partial charge in [-0.1, -0.05) is 64.5 Å². The molecule has 1 aliphatic rings. The summed E-state index contributed by atoms with van der Waals surface area (Å²) in [5.74, 6) is -0.742. The number of nitrogens with zero attached hydrogens (tertiary/aromatic N) is 3. The second kappa shape index (κ2) is 11.0. The fourth-order valence-corrected chi connectivity index (χ4v) is 7.23. The minimum absolute atomic E-state index is 0.0137. The number of piperazine rings is 1. The van der Waals surface area contributed by atoms with Crippen LogP contribution in [0.25, 0.3) is 0 Å². The summed E-state index contributed by atoms with van der Waals surface area (Å²) in [6, 6.07) is 21.4. The van der Waals surface area contributed by atoms with Crippen molar-refractivity contribution in [3.05, 3.63) is 95.0 Å². The van der Waals surface area contributed by atoms with Crippen molar-refractivity contribution in [3.63, 3.8) is 0 Å². The largest absolute Gasteiger partial charge is 0.271 e. The van der Waals surface area contributed by atoms with Gasteiger partial charge in [-0.2, -0.15) is 13.7 Å². The van der Waals surface area contributed by atoms with E-state index in [-0.39, 0.29) is 29.4 Å². The second-order valence-corrected chi connectivity index (χ2v) is 12.7. The van der Waals surface area contributed by atoms with Gasteiger partial charge in [0.2, 0.25) is 20.0 Å². The van der Waals surface area contributed by atoms with Crippen LogP contribution in [0.3, 0.4) is 0 Å². The Labute approximate surface area is 218 Å². The molecule has 1 saturated heterocycles. The van der Waals surface area contributed by atoms with Gasteiger partial charge in [-0.15, -0.1) is 0 Å². The van der Waals surface area contributed by atoms with E-state index in [0.29, 0.717) is 5.56 Å². The molecule has 1 heterocycles. The van der Waals surface area contributed by atoms with E-state index in [9.17, 15) is 21.6 Å². The number of carbonyl (C=O) groups is 1. The average Bonchev–Trinajstić information content (AvgIpc) is 2.89. The summed E-state index contributed by atoms with van der Waals surface area (Å²) in [6.45, 7) is -0.660. The van der Waals surface area contributed by atoms with Crippen LogP contribution in [0.2, 0.25) is 0 Å². The molecule has 9 nitrogen and oxygen atoms in total. The van der Waals surface area contributed by atoms with Gasteiger partial charge in [0.15, 0.2) is 0 Å². The van der Waals surface area contributed by atoms with E-state index in [1.165, 1.54) is 30.5 Å². The van der Waals surface area contributed by atoms with Gasteiger partial charge in [0.1, 0.15) is 6.04 Å². The summed E-state index contributed by atoms with van der Waals surface area (Å²) in [5.41, 5.74) is 3.08. The van der Waals surface area contributed by atoms with Gasteiger partial charge in [0, 0.05) is 24.1 Å². The molecule has 3 aromatic rings. The van der Waals surface area contributed by atoms with Gasteiger partial charge < -0.3 is 0 Å². The zero-order chi connectivity index (χ0) is 25.8. The Hall–Kier alpha value is -2.90. The SMILES string of the molecule is O=C(N/N=C\c1cccc(Br)c1)[C@H]1CN(S(=O)(=O)c2ccccc2)CCN1S(=O)(=O)c1ccccc1. The zero-order valence-corrected chi connectivity index (χ0v) is 22.2. The van der Waals surface area contributed by atoms with Crippen LogP contribution in [0, 0.1) is 0 Å². The molecule has 3 aromatic carbocycles. The topological polar surface area (TPSA) is 116 Å². The fourth-order valence-electron chi connectivity index (χ4n) is 3.76. The van der Waals surface area contributed by atoms with Gasteiger partial charge in [-0.25, -0.2) is 22.3 Å². The molecular formula is C24H23BrN4O5S2. The lowest BCUT2D eigenvalue weighted by molar-refractivity contribution is -0.125. The van der Waals surface area contributed by atoms with Crippen LogP contribution in [0.4, 0.5) is 0 Å². The van der Waals surface area contributed by atoms with Crippen LogP contribution >= 0.6 is 15.9 Å². The summed E-state index contributed by atoms with van der Waals surface area (Å²) in [7, 11) is -8.02. The van der Waals surface area contributed by atoms with Crippen LogP contribution in [0.5, 0.6) is 0 Å². The van der Waals surface area contributed by atoms with Crippen LogP contribution < -0.4 is 5.43 Å². The Morgan fingerprint density at radius 1 is 0.861 bits per heavy atom. The van der Waals surface area contributed by atoms with Crippen molar-refractivity contribution in [3.8, 4) is 0 Å². The molecule has 0 radical (unpaired) electrons. The molecule has 12 heteroatoms. The normalized spacial score (nSPS) is 17.8. The zero-order valence-electron chi connectivity index (χ0n) is 18.9. The van der Waals surface area contributed by atoms with Crippen LogP contribution in [-0.2, 0) is 24.8 Å². The lowest BCUT2D eigenvalue weighted by Crippen LogP contribution is -2.60. The van der Waals surface area contributed by atoms with E-state index in [1.807, 2.05) is 6.07 Å². The number of hydrogen-bond donors (Lipinski definition) is 1. The van der Waals surface area contributed by atoms with Gasteiger partial charge in [0.05, 0.1) is 16.0 Å². The van der Waals surface area contributed by atoms with Crippen LogP contribution in [0.15, 0.2) is 104 Å². The summed E-state index contributed by atoms with van der Waals surface area (Å²) >= 11 is 3.36. The number of hydrogen-bond acceptors (Lipinski definition) is 6. The third-order valence-electron chi connectivity index (χ3n) is 5.56. The molecule has 0 aromatic heterocycles. The van der Waals surface area contributed by atoms with Crippen molar-refractivity contribution in [1.82, 2.24) is 14.0 Å². The quantitative estimate of drug-likeness (QED) is 0.335. The van der Waals surface area contributed by atoms with E-state index >= 15 is 0 Å². The smallest absolute Gasteiger partial charge is 0.259 e. The molecule has 1 aliphatic heterocycles. The molecule has 0 bridgehead atoms. The Morgan fingerprint density at radius 2 is 1.47 bits per heavy atom. The fraction of sp³-hybridized carbons (Fsp3) is 0.167. The van der Waals surface area contributed by atoms with E-state index < -0.39 is 32.0 Å². The van der Waals surface area contributed by atoms with Crippen molar-refractivity contribution in [2.24, 2.45) is 5.10 Å². The lowest BCUT2D eigenvalue weighted by atomic mass is 10.2. The number of nitrogens with one attached hydrogen (secondary N) is 1. The molecule has 1 N–H and O–H groups in total. The van der Waals surface area contributed by atoms with Crippen LogP contribution in [0.1, 0.15) is 5.56 Å². The lowest BCUT2D eigenvalue weighted by Gasteiger charge is -2.38. The molecule has 0 spiro atoms. The molecule has 188 valence electrons. The Kier molecular flexibility index (Phi) is 8.00. The molecule has 4 rings (SSSR count). The molecule has 36 heavy (non-hydrogen) atoms. The number of benzene rings is 3. The van der Waals surface area contributed by atoms with E-state index in [1.54, 1.807) is 54.6 Å². The van der Waals surface area contributed by atoms with Crippen molar-refractivity contribution >= 4 is 48.1 Å². The number of halogens is 1. The molecular weight excluding hydrogens is 568 g/mol. The highest BCUT2D eigenvalue weighted by molar-refractivity contribution is 9.10. The highest BCUT2D eigenvalue weighted by Crippen LogP contribution is 2.25. The van der Waals surface area contributed by atoms with Gasteiger partial charge in [-0.3, -0.25) is 4.79 Å². The van der Waals surface area contributed by atoms with Crippen molar-refractivity contribution in [1.29, 1.82) is 0 Å². The van der Waals surface area contributed by atoms with Gasteiger partial charge in [-0.05, 0) is 42.0 Å². The van der Waals surface area contributed by atoms with E-state index in [2.05, 4.69) is 26.5 Å². The first-order valence-corrected chi connectivity index (χ1v) is 14.6.